The molecule has 0 fully saturated rings. The largest absolute Gasteiger partial charge is 0.353 e. The van der Waals surface area contributed by atoms with Crippen molar-refractivity contribution in [3.63, 3.8) is 0 Å². The number of aromatic nitrogens is 4. The molecule has 0 aliphatic carbocycles. The van der Waals surface area contributed by atoms with Gasteiger partial charge in [-0.2, -0.15) is 5.10 Å². The number of fused-ring (bicyclic) bond motifs is 1. The number of aryl methyl sites for hydroxylation is 2. The molecule has 16 heavy (non-hydrogen) atoms. The molecule has 2 aromatic rings. The molecular weight excluding hydrogens is 204 g/mol. The van der Waals surface area contributed by atoms with Crippen LogP contribution in [0, 0.1) is 6.92 Å². The molecule has 0 amide bonds. The number of nitrogens with two attached hydrogens (primary N) is 1. The molecule has 0 aliphatic rings. The SMILES string of the molecule is Cc1nn(C)c2cnc(NCC(C)N)nc12. The minimum atomic E-state index is 0.0780. The van der Waals surface area contributed by atoms with Gasteiger partial charge >= 0.3 is 0 Å². The van der Waals surface area contributed by atoms with E-state index in [1.54, 1.807) is 10.9 Å². The van der Waals surface area contributed by atoms with Gasteiger partial charge in [0.1, 0.15) is 11.0 Å². The molecule has 0 bridgehead atoms. The van der Waals surface area contributed by atoms with Gasteiger partial charge in [-0.25, -0.2) is 9.97 Å². The quantitative estimate of drug-likeness (QED) is 0.784. The van der Waals surface area contributed by atoms with E-state index in [1.165, 1.54) is 0 Å². The zero-order valence-corrected chi connectivity index (χ0v) is 9.73. The van der Waals surface area contributed by atoms with Crippen LogP contribution in [0.5, 0.6) is 0 Å². The Labute approximate surface area is 93.9 Å². The van der Waals surface area contributed by atoms with Gasteiger partial charge in [0.05, 0.1) is 11.9 Å². The Morgan fingerprint density at radius 2 is 2.31 bits per heavy atom. The molecule has 0 aromatic carbocycles. The van der Waals surface area contributed by atoms with Crippen LogP contribution in [0.3, 0.4) is 0 Å². The molecule has 3 N–H and O–H groups in total. The highest BCUT2D eigenvalue weighted by atomic mass is 15.3. The predicted molar refractivity (Wildman–Crippen MR) is 63.2 cm³/mol. The fourth-order valence-corrected chi connectivity index (χ4v) is 1.54. The summed E-state index contributed by atoms with van der Waals surface area (Å²) in [4.78, 5) is 8.62. The fraction of sp³-hybridized carbons (Fsp3) is 0.500. The molecule has 6 heteroatoms. The van der Waals surface area contributed by atoms with E-state index >= 15 is 0 Å². The van der Waals surface area contributed by atoms with Gasteiger partial charge in [-0.3, -0.25) is 4.68 Å². The van der Waals surface area contributed by atoms with E-state index < -0.39 is 0 Å². The normalized spacial score (nSPS) is 13.0. The Morgan fingerprint density at radius 1 is 1.56 bits per heavy atom. The van der Waals surface area contributed by atoms with E-state index in [-0.39, 0.29) is 6.04 Å². The molecule has 86 valence electrons. The minimum Gasteiger partial charge on any atom is -0.353 e. The third-order valence-corrected chi connectivity index (χ3v) is 2.34. The van der Waals surface area contributed by atoms with Gasteiger partial charge in [0.25, 0.3) is 0 Å². The number of anilines is 1. The summed E-state index contributed by atoms with van der Waals surface area (Å²) in [6.45, 7) is 4.52. The molecular formula is C10H16N6. The summed E-state index contributed by atoms with van der Waals surface area (Å²) in [7, 11) is 1.88. The van der Waals surface area contributed by atoms with Crippen molar-refractivity contribution in [2.45, 2.75) is 19.9 Å². The molecule has 1 unspecified atom stereocenters. The predicted octanol–water partition coefficient (Wildman–Crippen LogP) is 0.431. The number of nitrogens with zero attached hydrogens (tertiary/aromatic N) is 4. The fourth-order valence-electron chi connectivity index (χ4n) is 1.54. The van der Waals surface area contributed by atoms with Crippen LogP contribution in [0.2, 0.25) is 0 Å². The summed E-state index contributed by atoms with van der Waals surface area (Å²) in [5.41, 5.74) is 8.37. The van der Waals surface area contributed by atoms with E-state index in [4.69, 9.17) is 5.73 Å². The first-order chi connectivity index (χ1) is 7.58. The van der Waals surface area contributed by atoms with Crippen LogP contribution >= 0.6 is 0 Å². The summed E-state index contributed by atoms with van der Waals surface area (Å²) >= 11 is 0. The first kappa shape index (κ1) is 10.8. The maximum Gasteiger partial charge on any atom is 0.223 e. The van der Waals surface area contributed by atoms with E-state index in [1.807, 2.05) is 20.9 Å². The van der Waals surface area contributed by atoms with Crippen LogP contribution in [-0.2, 0) is 7.05 Å². The zero-order chi connectivity index (χ0) is 11.7. The van der Waals surface area contributed by atoms with Crippen LogP contribution < -0.4 is 11.1 Å². The van der Waals surface area contributed by atoms with Crippen molar-refractivity contribution in [2.24, 2.45) is 12.8 Å². The molecule has 0 saturated carbocycles. The third kappa shape index (κ3) is 1.96. The van der Waals surface area contributed by atoms with Gasteiger partial charge in [0.2, 0.25) is 5.95 Å². The second-order valence-electron chi connectivity index (χ2n) is 3.99. The molecule has 0 aliphatic heterocycles. The zero-order valence-electron chi connectivity index (χ0n) is 9.73. The summed E-state index contributed by atoms with van der Waals surface area (Å²) in [6.07, 6.45) is 1.77. The molecule has 6 nitrogen and oxygen atoms in total. The minimum absolute atomic E-state index is 0.0780. The number of rotatable bonds is 3. The molecule has 0 saturated heterocycles. The topological polar surface area (TPSA) is 81.7 Å². The summed E-state index contributed by atoms with van der Waals surface area (Å²) < 4.78 is 1.78. The Morgan fingerprint density at radius 3 is 3.00 bits per heavy atom. The van der Waals surface area contributed by atoms with Gasteiger partial charge in [0.15, 0.2) is 0 Å². The van der Waals surface area contributed by atoms with Crippen LogP contribution in [0.4, 0.5) is 5.95 Å². The monoisotopic (exact) mass is 220 g/mol. The first-order valence-electron chi connectivity index (χ1n) is 5.23. The Hall–Kier alpha value is -1.69. The number of nitrogens with one attached hydrogen (secondary N) is 1. The van der Waals surface area contributed by atoms with Crippen molar-refractivity contribution in [1.82, 2.24) is 19.7 Å². The molecule has 2 aromatic heterocycles. The molecule has 2 heterocycles. The Balaban J connectivity index is 2.32. The van der Waals surface area contributed by atoms with Crippen molar-refractivity contribution in [3.8, 4) is 0 Å². The van der Waals surface area contributed by atoms with E-state index in [0.29, 0.717) is 12.5 Å². The van der Waals surface area contributed by atoms with Gasteiger partial charge < -0.3 is 11.1 Å². The molecule has 0 radical (unpaired) electrons. The van der Waals surface area contributed by atoms with Gasteiger partial charge in [-0.15, -0.1) is 0 Å². The highest BCUT2D eigenvalue weighted by Crippen LogP contribution is 2.15. The van der Waals surface area contributed by atoms with E-state index in [0.717, 1.165) is 16.7 Å². The van der Waals surface area contributed by atoms with Gasteiger partial charge in [-0.1, -0.05) is 0 Å². The summed E-state index contributed by atoms with van der Waals surface area (Å²) in [5.74, 6) is 0.598. The van der Waals surface area contributed by atoms with E-state index in [2.05, 4.69) is 20.4 Å². The van der Waals surface area contributed by atoms with Crippen LogP contribution in [-0.4, -0.2) is 32.3 Å². The average Bonchev–Trinajstić information content (AvgIpc) is 2.52. The van der Waals surface area contributed by atoms with Crippen LogP contribution in [0.15, 0.2) is 6.20 Å². The summed E-state index contributed by atoms with van der Waals surface area (Å²) in [6, 6.07) is 0.0780. The number of hydrogen-bond donors (Lipinski definition) is 2. The van der Waals surface area contributed by atoms with Crippen LogP contribution in [0.1, 0.15) is 12.6 Å². The smallest absolute Gasteiger partial charge is 0.223 e. The second kappa shape index (κ2) is 4.05. The van der Waals surface area contributed by atoms with Gasteiger partial charge in [-0.05, 0) is 13.8 Å². The first-order valence-corrected chi connectivity index (χ1v) is 5.23. The highest BCUT2D eigenvalue weighted by Gasteiger charge is 2.08. The van der Waals surface area contributed by atoms with Crippen LogP contribution in [0.25, 0.3) is 11.0 Å². The highest BCUT2D eigenvalue weighted by molar-refractivity contribution is 5.77. The lowest BCUT2D eigenvalue weighted by molar-refractivity contribution is 0.773. The van der Waals surface area contributed by atoms with Crippen molar-refractivity contribution in [3.05, 3.63) is 11.9 Å². The molecule has 1 atom stereocenters. The maximum atomic E-state index is 5.65. The van der Waals surface area contributed by atoms with Crippen molar-refractivity contribution < 1.29 is 0 Å². The molecule has 0 spiro atoms. The standard InChI is InChI=1S/C10H16N6/c1-6(11)4-12-10-13-5-8-9(14-10)7(2)15-16(8)3/h5-6H,4,11H2,1-3H3,(H,12,13,14). The lowest BCUT2D eigenvalue weighted by atomic mass is 10.3. The molecule has 2 rings (SSSR count). The number of hydrogen-bond acceptors (Lipinski definition) is 5. The van der Waals surface area contributed by atoms with Crippen molar-refractivity contribution in [1.29, 1.82) is 0 Å². The van der Waals surface area contributed by atoms with E-state index in [9.17, 15) is 0 Å². The maximum absolute atomic E-state index is 5.65. The lowest BCUT2D eigenvalue weighted by Crippen LogP contribution is -2.25. The Kier molecular flexibility index (Phi) is 2.74. The van der Waals surface area contributed by atoms with Crippen molar-refractivity contribution >= 4 is 17.0 Å². The summed E-state index contributed by atoms with van der Waals surface area (Å²) in [5, 5.41) is 7.38. The van der Waals surface area contributed by atoms with Gasteiger partial charge in [0, 0.05) is 19.6 Å². The average molecular weight is 220 g/mol. The Bertz CT molecular complexity index is 501. The van der Waals surface area contributed by atoms with Crippen molar-refractivity contribution in [2.75, 3.05) is 11.9 Å². The lowest BCUT2D eigenvalue weighted by Gasteiger charge is -2.06. The third-order valence-electron chi connectivity index (χ3n) is 2.34. The second-order valence-corrected chi connectivity index (χ2v) is 3.99.